The van der Waals surface area contributed by atoms with Gasteiger partial charge in [-0.15, -0.1) is 11.3 Å². The molecule has 1 aromatic heterocycles. The fraction of sp³-hybridized carbons (Fsp3) is 0.476. The molecule has 0 spiro atoms. The molecule has 158 valence electrons. The molecular weight excluding hydrogens is 406 g/mol. The Hall–Kier alpha value is -1.74. The molecule has 6 nitrogen and oxygen atoms in total. The average molecular weight is 436 g/mol. The molecule has 0 radical (unpaired) electrons. The summed E-state index contributed by atoms with van der Waals surface area (Å²) in [7, 11) is -3.59. The Balaban J connectivity index is 1.73. The molecule has 1 aliphatic heterocycles. The van der Waals surface area contributed by atoms with E-state index >= 15 is 0 Å². The van der Waals surface area contributed by atoms with Crippen molar-refractivity contribution in [3.63, 3.8) is 0 Å². The molecule has 0 bridgehead atoms. The lowest BCUT2D eigenvalue weighted by molar-refractivity contribution is 0.0938. The highest BCUT2D eigenvalue weighted by atomic mass is 32.2. The van der Waals surface area contributed by atoms with Crippen LogP contribution in [0, 0.1) is 0 Å². The van der Waals surface area contributed by atoms with E-state index in [2.05, 4.69) is 21.7 Å². The van der Waals surface area contributed by atoms with E-state index in [1.807, 2.05) is 6.07 Å². The van der Waals surface area contributed by atoms with Crippen LogP contribution in [-0.4, -0.2) is 56.3 Å². The second-order valence-electron chi connectivity index (χ2n) is 7.10. The molecule has 2 aromatic rings. The maximum absolute atomic E-state index is 12.8. The summed E-state index contributed by atoms with van der Waals surface area (Å²) in [5.74, 6) is -0.248. The SMILES string of the molecule is CCN(CC)S(=O)(=O)c1cccc(C(=O)NCC(c2cccs2)N2CCCC2)c1. The Bertz CT molecular complexity index is 903. The summed E-state index contributed by atoms with van der Waals surface area (Å²) in [6.45, 7) is 6.99. The van der Waals surface area contributed by atoms with Crippen molar-refractivity contribution >= 4 is 27.3 Å². The summed E-state index contributed by atoms with van der Waals surface area (Å²) < 4.78 is 26.9. The van der Waals surface area contributed by atoms with Gasteiger partial charge in [0, 0.05) is 30.1 Å². The molecule has 1 fully saturated rings. The second kappa shape index (κ2) is 9.84. The van der Waals surface area contributed by atoms with Gasteiger partial charge in [-0.25, -0.2) is 8.42 Å². The minimum atomic E-state index is -3.59. The highest BCUT2D eigenvalue weighted by Gasteiger charge is 2.26. The van der Waals surface area contributed by atoms with Crippen molar-refractivity contribution in [2.24, 2.45) is 0 Å². The van der Waals surface area contributed by atoms with Gasteiger partial charge in [0.25, 0.3) is 5.91 Å². The summed E-state index contributed by atoms with van der Waals surface area (Å²) in [5, 5.41) is 5.08. The first-order valence-corrected chi connectivity index (χ1v) is 12.4. The van der Waals surface area contributed by atoms with E-state index in [-0.39, 0.29) is 16.8 Å². The van der Waals surface area contributed by atoms with Gasteiger partial charge in [-0.05, 0) is 55.6 Å². The Labute approximate surface area is 177 Å². The lowest BCUT2D eigenvalue weighted by Crippen LogP contribution is -2.36. The molecule has 1 saturated heterocycles. The normalized spacial score (nSPS) is 16.2. The zero-order valence-corrected chi connectivity index (χ0v) is 18.6. The van der Waals surface area contributed by atoms with Crippen LogP contribution >= 0.6 is 11.3 Å². The van der Waals surface area contributed by atoms with E-state index in [0.717, 1.165) is 13.1 Å². The topological polar surface area (TPSA) is 69.7 Å². The van der Waals surface area contributed by atoms with Gasteiger partial charge >= 0.3 is 0 Å². The third-order valence-electron chi connectivity index (χ3n) is 5.35. The van der Waals surface area contributed by atoms with Crippen LogP contribution in [0.3, 0.4) is 0 Å². The van der Waals surface area contributed by atoms with Crippen LogP contribution in [0.25, 0.3) is 0 Å². The largest absolute Gasteiger partial charge is 0.350 e. The molecule has 1 aliphatic rings. The molecule has 1 atom stereocenters. The van der Waals surface area contributed by atoms with Gasteiger partial charge < -0.3 is 5.32 Å². The number of rotatable bonds is 9. The predicted molar refractivity (Wildman–Crippen MR) is 117 cm³/mol. The summed E-state index contributed by atoms with van der Waals surface area (Å²) in [4.78, 5) is 16.6. The van der Waals surface area contributed by atoms with Gasteiger partial charge in [0.05, 0.1) is 10.9 Å². The summed E-state index contributed by atoms with van der Waals surface area (Å²) in [6.07, 6.45) is 2.36. The lowest BCUT2D eigenvalue weighted by atomic mass is 10.2. The Morgan fingerprint density at radius 2 is 1.90 bits per heavy atom. The van der Waals surface area contributed by atoms with Crippen LogP contribution < -0.4 is 5.32 Å². The van der Waals surface area contributed by atoms with Crippen molar-refractivity contribution in [1.82, 2.24) is 14.5 Å². The van der Waals surface area contributed by atoms with Crippen LogP contribution in [0.2, 0.25) is 0 Å². The van der Waals surface area contributed by atoms with E-state index in [1.165, 1.54) is 28.1 Å². The highest BCUT2D eigenvalue weighted by Crippen LogP contribution is 2.28. The Kier molecular flexibility index (Phi) is 7.45. The number of carbonyl (C=O) groups is 1. The van der Waals surface area contributed by atoms with Crippen LogP contribution in [0.4, 0.5) is 0 Å². The van der Waals surface area contributed by atoms with Crippen LogP contribution in [-0.2, 0) is 10.0 Å². The maximum atomic E-state index is 12.8. The van der Waals surface area contributed by atoms with Gasteiger partial charge in [-0.2, -0.15) is 4.31 Å². The molecule has 2 heterocycles. The third-order valence-corrected chi connectivity index (χ3v) is 8.37. The Morgan fingerprint density at radius 1 is 1.17 bits per heavy atom. The molecule has 1 N–H and O–H groups in total. The molecule has 1 aromatic carbocycles. The van der Waals surface area contributed by atoms with Crippen LogP contribution in [0.1, 0.15) is 48.0 Å². The van der Waals surface area contributed by atoms with Crippen molar-refractivity contribution in [2.45, 2.75) is 37.6 Å². The average Bonchev–Trinajstić information content (AvgIpc) is 3.44. The fourth-order valence-corrected chi connectivity index (χ4v) is 6.11. The number of hydrogen-bond donors (Lipinski definition) is 1. The highest BCUT2D eigenvalue weighted by molar-refractivity contribution is 7.89. The monoisotopic (exact) mass is 435 g/mol. The summed E-state index contributed by atoms with van der Waals surface area (Å²) in [5.41, 5.74) is 0.365. The zero-order chi connectivity index (χ0) is 20.9. The quantitative estimate of drug-likeness (QED) is 0.656. The molecule has 3 rings (SSSR count). The van der Waals surface area contributed by atoms with E-state index in [1.54, 1.807) is 43.4 Å². The number of likely N-dealkylation sites (tertiary alicyclic amines) is 1. The Morgan fingerprint density at radius 3 is 2.52 bits per heavy atom. The number of nitrogens with one attached hydrogen (secondary N) is 1. The number of benzene rings is 1. The van der Waals surface area contributed by atoms with Gasteiger partial charge in [-0.3, -0.25) is 9.69 Å². The van der Waals surface area contributed by atoms with Gasteiger partial charge in [0.2, 0.25) is 10.0 Å². The van der Waals surface area contributed by atoms with Crippen molar-refractivity contribution in [1.29, 1.82) is 0 Å². The number of amides is 1. The van der Waals surface area contributed by atoms with Gasteiger partial charge in [-0.1, -0.05) is 26.0 Å². The second-order valence-corrected chi connectivity index (χ2v) is 10.0. The van der Waals surface area contributed by atoms with E-state index in [4.69, 9.17) is 0 Å². The van der Waals surface area contributed by atoms with E-state index in [0.29, 0.717) is 25.2 Å². The van der Waals surface area contributed by atoms with Crippen molar-refractivity contribution < 1.29 is 13.2 Å². The molecular formula is C21H29N3O3S2. The van der Waals surface area contributed by atoms with Crippen molar-refractivity contribution in [2.75, 3.05) is 32.7 Å². The first-order chi connectivity index (χ1) is 14.0. The minimum Gasteiger partial charge on any atom is -0.350 e. The molecule has 8 heteroatoms. The van der Waals surface area contributed by atoms with Gasteiger partial charge in [0.15, 0.2) is 0 Å². The predicted octanol–water partition coefficient (Wildman–Crippen LogP) is 3.35. The molecule has 29 heavy (non-hydrogen) atoms. The molecule has 1 amide bonds. The summed E-state index contributed by atoms with van der Waals surface area (Å²) >= 11 is 1.70. The molecule has 0 aliphatic carbocycles. The van der Waals surface area contributed by atoms with Gasteiger partial charge in [0.1, 0.15) is 0 Å². The first-order valence-electron chi connectivity index (χ1n) is 10.1. The number of nitrogens with zero attached hydrogens (tertiary/aromatic N) is 2. The number of thiophene rings is 1. The lowest BCUT2D eigenvalue weighted by Gasteiger charge is -2.27. The van der Waals surface area contributed by atoms with Crippen LogP contribution in [0.15, 0.2) is 46.7 Å². The first kappa shape index (κ1) is 22.0. The molecule has 0 saturated carbocycles. The smallest absolute Gasteiger partial charge is 0.251 e. The summed E-state index contributed by atoms with van der Waals surface area (Å²) in [6, 6.07) is 10.6. The number of sulfonamides is 1. The van der Waals surface area contributed by atoms with E-state index in [9.17, 15) is 13.2 Å². The van der Waals surface area contributed by atoms with Crippen LogP contribution in [0.5, 0.6) is 0 Å². The third kappa shape index (κ3) is 5.06. The van der Waals surface area contributed by atoms with E-state index < -0.39 is 10.0 Å². The number of hydrogen-bond acceptors (Lipinski definition) is 5. The zero-order valence-electron chi connectivity index (χ0n) is 17.0. The minimum absolute atomic E-state index is 0.156. The maximum Gasteiger partial charge on any atom is 0.251 e. The number of carbonyl (C=O) groups excluding carboxylic acids is 1. The standard InChI is InChI=1S/C21H29N3O3S2/c1-3-24(4-2)29(26,27)18-10-7-9-17(15-18)21(25)22-16-19(20-11-8-14-28-20)23-12-5-6-13-23/h7-11,14-15,19H,3-6,12-13,16H2,1-2H3,(H,22,25). The molecule has 1 unspecified atom stereocenters. The fourth-order valence-electron chi connectivity index (χ4n) is 3.75. The van der Waals surface area contributed by atoms with Crippen molar-refractivity contribution in [3.8, 4) is 0 Å². The van der Waals surface area contributed by atoms with Crippen molar-refractivity contribution in [3.05, 3.63) is 52.2 Å².